The van der Waals surface area contributed by atoms with Crippen LogP contribution in [0.1, 0.15) is 0 Å². The summed E-state index contributed by atoms with van der Waals surface area (Å²) in [6.45, 7) is 0.170. The van der Waals surface area contributed by atoms with Gasteiger partial charge in [0.2, 0.25) is 5.91 Å². The Balaban J connectivity index is 0. The molecule has 0 fully saturated rings. The summed E-state index contributed by atoms with van der Waals surface area (Å²) in [4.78, 5) is 13.6. The molecule has 0 aliphatic carbocycles. The summed E-state index contributed by atoms with van der Waals surface area (Å²) in [6, 6.07) is 4.61. The maximum atomic E-state index is 11.8. The van der Waals surface area contributed by atoms with Crippen LogP contribution in [0.4, 0.5) is 11.4 Å². The number of nitrogens with one attached hydrogen (secondary N) is 1. The Hall–Kier alpha value is -0.720. The number of para-hydroxylation sites is 1. The molecule has 1 atom stereocenters. The number of rotatable bonds is 5. The van der Waals surface area contributed by atoms with Crippen LogP contribution in [0, 0.1) is 0 Å². The molecule has 8 heteroatoms. The van der Waals surface area contributed by atoms with Crippen molar-refractivity contribution in [3.05, 3.63) is 23.2 Å². The van der Waals surface area contributed by atoms with Gasteiger partial charge in [0.25, 0.3) is 0 Å². The molecule has 0 saturated carbocycles. The van der Waals surface area contributed by atoms with Crippen molar-refractivity contribution in [2.75, 3.05) is 38.0 Å². The van der Waals surface area contributed by atoms with Gasteiger partial charge in [0.15, 0.2) is 0 Å². The minimum atomic E-state index is -0.705. The van der Waals surface area contributed by atoms with Crippen molar-refractivity contribution in [3.8, 4) is 0 Å². The van der Waals surface area contributed by atoms with E-state index >= 15 is 0 Å². The van der Waals surface area contributed by atoms with E-state index < -0.39 is 6.04 Å². The minimum absolute atomic E-state index is 0. The van der Waals surface area contributed by atoms with E-state index in [2.05, 4.69) is 5.32 Å². The number of nitrogens with zero attached hydrogens (tertiary/aromatic N) is 1. The summed E-state index contributed by atoms with van der Waals surface area (Å²) in [5.41, 5.74) is 7.03. The van der Waals surface area contributed by atoms with Gasteiger partial charge in [0, 0.05) is 21.2 Å². The zero-order valence-electron chi connectivity index (χ0n) is 11.6. The fourth-order valence-corrected chi connectivity index (χ4v) is 1.89. The molecular weight excluding hydrogens is 325 g/mol. The van der Waals surface area contributed by atoms with Crippen molar-refractivity contribution >= 4 is 53.7 Å². The number of carbonyl (C=O) groups is 1. The third-order valence-electron chi connectivity index (χ3n) is 2.37. The van der Waals surface area contributed by atoms with Crippen molar-refractivity contribution in [1.29, 1.82) is 0 Å². The van der Waals surface area contributed by atoms with Crippen LogP contribution in [0.15, 0.2) is 18.2 Å². The molecule has 1 aromatic carbocycles. The maximum Gasteiger partial charge on any atom is 0.243 e. The Kier molecular flexibility index (Phi) is 10.9. The Bertz CT molecular complexity index is 430. The third-order valence-corrected chi connectivity index (χ3v) is 2.68. The second-order valence-corrected chi connectivity index (χ2v) is 4.49. The van der Waals surface area contributed by atoms with Gasteiger partial charge in [0.05, 0.1) is 23.0 Å². The van der Waals surface area contributed by atoms with E-state index in [1.54, 1.807) is 18.2 Å². The standard InChI is InChI=1S/C12H18ClN3O2.2ClH/c1-16(2)11-8(13)5-4-6-10(11)15-12(17)9(14)7-18-3;;/h4-6,9H,7,14H2,1-3H3,(H,15,17);2*1H. The smallest absolute Gasteiger partial charge is 0.243 e. The SMILES string of the molecule is COCC(N)C(=O)Nc1cccc(Cl)c1N(C)C.Cl.Cl. The second kappa shape index (κ2) is 10.1. The number of ether oxygens (including phenoxy) is 1. The predicted octanol–water partition coefficient (Wildman–Crippen LogP) is 2.16. The van der Waals surface area contributed by atoms with Gasteiger partial charge >= 0.3 is 0 Å². The van der Waals surface area contributed by atoms with Gasteiger partial charge in [-0.15, -0.1) is 24.8 Å². The Morgan fingerprint density at radius 1 is 1.45 bits per heavy atom. The summed E-state index contributed by atoms with van der Waals surface area (Å²) in [7, 11) is 5.20. The Morgan fingerprint density at radius 2 is 2.05 bits per heavy atom. The highest BCUT2D eigenvalue weighted by Crippen LogP contribution is 2.32. The number of hydrogen-bond donors (Lipinski definition) is 2. The van der Waals surface area contributed by atoms with Crippen LogP contribution < -0.4 is 16.0 Å². The zero-order chi connectivity index (χ0) is 13.7. The number of halogens is 3. The number of amides is 1. The number of hydrogen-bond acceptors (Lipinski definition) is 4. The molecule has 116 valence electrons. The first kappa shape index (κ1) is 21.6. The van der Waals surface area contributed by atoms with Crippen molar-refractivity contribution in [3.63, 3.8) is 0 Å². The lowest BCUT2D eigenvalue weighted by molar-refractivity contribution is -0.118. The summed E-state index contributed by atoms with van der Waals surface area (Å²) >= 11 is 6.10. The van der Waals surface area contributed by atoms with E-state index in [9.17, 15) is 4.79 Å². The molecule has 0 aliphatic heterocycles. The molecule has 3 N–H and O–H groups in total. The quantitative estimate of drug-likeness (QED) is 0.859. The van der Waals surface area contributed by atoms with Crippen LogP contribution in [0.2, 0.25) is 5.02 Å². The molecule has 1 amide bonds. The predicted molar refractivity (Wildman–Crippen MR) is 88.8 cm³/mol. The van der Waals surface area contributed by atoms with Crippen LogP contribution in [-0.2, 0) is 9.53 Å². The average molecular weight is 345 g/mol. The normalized spacial score (nSPS) is 10.8. The van der Waals surface area contributed by atoms with E-state index in [1.165, 1.54) is 7.11 Å². The number of methoxy groups -OCH3 is 1. The monoisotopic (exact) mass is 343 g/mol. The fourth-order valence-electron chi connectivity index (χ4n) is 1.55. The summed E-state index contributed by atoms with van der Waals surface area (Å²) in [5.74, 6) is -0.304. The zero-order valence-corrected chi connectivity index (χ0v) is 13.9. The second-order valence-electron chi connectivity index (χ2n) is 4.08. The molecule has 0 saturated heterocycles. The van der Waals surface area contributed by atoms with Crippen molar-refractivity contribution in [1.82, 2.24) is 0 Å². The van der Waals surface area contributed by atoms with E-state index in [4.69, 9.17) is 22.1 Å². The van der Waals surface area contributed by atoms with Crippen LogP contribution in [0.5, 0.6) is 0 Å². The van der Waals surface area contributed by atoms with E-state index in [0.717, 1.165) is 5.69 Å². The molecule has 0 radical (unpaired) electrons. The van der Waals surface area contributed by atoms with Gasteiger partial charge in [-0.25, -0.2) is 0 Å². The van der Waals surface area contributed by atoms with Gasteiger partial charge in [0.1, 0.15) is 6.04 Å². The molecule has 0 bridgehead atoms. The lowest BCUT2D eigenvalue weighted by Gasteiger charge is -2.20. The molecule has 5 nitrogen and oxygen atoms in total. The molecule has 0 spiro atoms. The van der Waals surface area contributed by atoms with Gasteiger partial charge in [-0.3, -0.25) is 4.79 Å². The van der Waals surface area contributed by atoms with Crippen LogP contribution >= 0.6 is 36.4 Å². The molecular formula is C12H20Cl3N3O2. The molecule has 1 rings (SSSR count). The molecule has 0 heterocycles. The average Bonchev–Trinajstić information content (AvgIpc) is 2.28. The number of benzene rings is 1. The van der Waals surface area contributed by atoms with E-state index in [0.29, 0.717) is 10.7 Å². The maximum absolute atomic E-state index is 11.8. The lowest BCUT2D eigenvalue weighted by atomic mass is 10.2. The van der Waals surface area contributed by atoms with Crippen molar-refractivity contribution in [2.24, 2.45) is 5.73 Å². The third kappa shape index (κ3) is 5.73. The van der Waals surface area contributed by atoms with Gasteiger partial charge in [-0.05, 0) is 12.1 Å². The first-order chi connectivity index (χ1) is 8.47. The fraction of sp³-hybridized carbons (Fsp3) is 0.417. The Morgan fingerprint density at radius 3 is 2.55 bits per heavy atom. The van der Waals surface area contributed by atoms with Crippen LogP contribution in [0.3, 0.4) is 0 Å². The summed E-state index contributed by atoms with van der Waals surface area (Å²) in [6.07, 6.45) is 0. The Labute approximate surface area is 136 Å². The number of nitrogens with two attached hydrogens (primary N) is 1. The number of anilines is 2. The summed E-state index contributed by atoms with van der Waals surface area (Å²) in [5, 5.41) is 3.31. The van der Waals surface area contributed by atoms with Gasteiger partial charge in [-0.1, -0.05) is 17.7 Å². The highest BCUT2D eigenvalue weighted by atomic mass is 35.5. The molecule has 1 aromatic rings. The number of carbonyl (C=O) groups excluding carboxylic acids is 1. The van der Waals surface area contributed by atoms with Gasteiger partial charge < -0.3 is 20.7 Å². The van der Waals surface area contributed by atoms with Crippen molar-refractivity contribution in [2.45, 2.75) is 6.04 Å². The van der Waals surface area contributed by atoms with Crippen molar-refractivity contribution < 1.29 is 9.53 Å². The lowest BCUT2D eigenvalue weighted by Crippen LogP contribution is -2.39. The summed E-state index contributed by atoms with van der Waals surface area (Å²) < 4.78 is 4.84. The highest BCUT2D eigenvalue weighted by Gasteiger charge is 2.16. The first-order valence-corrected chi connectivity index (χ1v) is 5.86. The molecule has 1 unspecified atom stereocenters. The molecule has 0 aliphatic rings. The molecule has 0 aromatic heterocycles. The van der Waals surface area contributed by atoms with E-state index in [1.807, 2.05) is 19.0 Å². The highest BCUT2D eigenvalue weighted by molar-refractivity contribution is 6.34. The first-order valence-electron chi connectivity index (χ1n) is 5.48. The van der Waals surface area contributed by atoms with Crippen LogP contribution in [-0.4, -0.2) is 39.8 Å². The van der Waals surface area contributed by atoms with E-state index in [-0.39, 0.29) is 37.3 Å². The minimum Gasteiger partial charge on any atom is -0.383 e. The van der Waals surface area contributed by atoms with Crippen LogP contribution in [0.25, 0.3) is 0 Å². The molecule has 20 heavy (non-hydrogen) atoms. The topological polar surface area (TPSA) is 67.6 Å². The largest absolute Gasteiger partial charge is 0.383 e. The van der Waals surface area contributed by atoms with Gasteiger partial charge in [-0.2, -0.15) is 0 Å².